The Kier molecular flexibility index (Phi) is 5.09. The van der Waals surface area contributed by atoms with Crippen LogP contribution in [0.3, 0.4) is 0 Å². The minimum atomic E-state index is -0.398. The highest BCUT2D eigenvalue weighted by Crippen LogP contribution is 2.13. The Bertz CT molecular complexity index is 856. The summed E-state index contributed by atoms with van der Waals surface area (Å²) in [5.74, 6) is 0.718. The molecule has 0 spiro atoms. The first-order valence-corrected chi connectivity index (χ1v) is 7.93. The van der Waals surface area contributed by atoms with Gasteiger partial charge in [-0.3, -0.25) is 4.79 Å². The highest BCUT2D eigenvalue weighted by Gasteiger charge is 2.15. The molecule has 1 amide bonds. The first kappa shape index (κ1) is 16.7. The summed E-state index contributed by atoms with van der Waals surface area (Å²) in [4.78, 5) is 12.1. The monoisotopic (exact) mass is 337 g/mol. The topological polar surface area (TPSA) is 77.2 Å². The number of carbonyl (C=O) groups is 1. The van der Waals surface area contributed by atoms with Crippen LogP contribution in [0.5, 0.6) is 5.75 Å². The van der Waals surface area contributed by atoms with Crippen LogP contribution in [-0.2, 0) is 13.0 Å². The number of ether oxygens (including phenoxy) is 1. The molecule has 0 aliphatic carbocycles. The van der Waals surface area contributed by atoms with Crippen molar-refractivity contribution in [2.75, 3.05) is 7.11 Å². The van der Waals surface area contributed by atoms with Gasteiger partial charge in [-0.25, -0.2) is 0 Å². The van der Waals surface area contributed by atoms with Gasteiger partial charge in [0, 0.05) is 6.54 Å². The van der Waals surface area contributed by atoms with Gasteiger partial charge in [-0.1, -0.05) is 42.0 Å². The normalized spacial score (nSPS) is 10.5. The standard InChI is InChI=1S/C19H19N3O3/c1-13-6-8-14(9-7-13)11-17-21-22-19(25-17)18(23)20-12-15-4-3-5-16(10-15)24-2/h3-10H,11-12H2,1-2H3,(H,20,23). The Hall–Kier alpha value is -3.15. The molecule has 0 unspecified atom stereocenters. The quantitative estimate of drug-likeness (QED) is 0.748. The minimum Gasteiger partial charge on any atom is -0.497 e. The number of benzene rings is 2. The van der Waals surface area contributed by atoms with Gasteiger partial charge in [0.1, 0.15) is 5.75 Å². The molecule has 0 bridgehead atoms. The van der Waals surface area contributed by atoms with Crippen LogP contribution in [0.4, 0.5) is 0 Å². The van der Waals surface area contributed by atoms with Gasteiger partial charge >= 0.3 is 11.8 Å². The Morgan fingerprint density at radius 2 is 1.92 bits per heavy atom. The molecule has 0 saturated carbocycles. The lowest BCUT2D eigenvalue weighted by Crippen LogP contribution is -2.23. The van der Waals surface area contributed by atoms with E-state index < -0.39 is 5.91 Å². The fraction of sp³-hybridized carbons (Fsp3) is 0.211. The second kappa shape index (κ2) is 7.61. The van der Waals surface area contributed by atoms with E-state index in [0.717, 1.165) is 16.9 Å². The van der Waals surface area contributed by atoms with E-state index in [2.05, 4.69) is 15.5 Å². The molecule has 0 fully saturated rings. The van der Waals surface area contributed by atoms with Gasteiger partial charge in [-0.2, -0.15) is 0 Å². The van der Waals surface area contributed by atoms with Gasteiger partial charge in [0.2, 0.25) is 5.89 Å². The van der Waals surface area contributed by atoms with E-state index in [1.54, 1.807) is 7.11 Å². The van der Waals surface area contributed by atoms with Crippen LogP contribution in [-0.4, -0.2) is 23.2 Å². The second-order valence-electron chi connectivity index (χ2n) is 5.70. The highest BCUT2D eigenvalue weighted by atomic mass is 16.5. The summed E-state index contributed by atoms with van der Waals surface area (Å²) < 4.78 is 10.6. The number of nitrogens with one attached hydrogen (secondary N) is 1. The van der Waals surface area contributed by atoms with E-state index in [-0.39, 0.29) is 5.89 Å². The summed E-state index contributed by atoms with van der Waals surface area (Å²) in [6.07, 6.45) is 0.496. The van der Waals surface area contributed by atoms with Crippen LogP contribution in [0.15, 0.2) is 52.9 Å². The number of aryl methyl sites for hydroxylation is 1. The third-order valence-corrected chi connectivity index (χ3v) is 3.72. The lowest BCUT2D eigenvalue weighted by molar-refractivity contribution is 0.0914. The number of methoxy groups -OCH3 is 1. The minimum absolute atomic E-state index is 0.0370. The van der Waals surface area contributed by atoms with E-state index >= 15 is 0 Å². The van der Waals surface area contributed by atoms with Gasteiger partial charge in [-0.15, -0.1) is 10.2 Å². The smallest absolute Gasteiger partial charge is 0.309 e. The van der Waals surface area contributed by atoms with Crippen molar-refractivity contribution in [3.63, 3.8) is 0 Å². The van der Waals surface area contributed by atoms with Crippen LogP contribution in [0.2, 0.25) is 0 Å². The maximum Gasteiger partial charge on any atom is 0.309 e. The molecule has 0 aliphatic rings. The van der Waals surface area contributed by atoms with E-state index in [0.29, 0.717) is 18.9 Å². The number of aromatic nitrogens is 2. The van der Waals surface area contributed by atoms with Crippen molar-refractivity contribution in [2.45, 2.75) is 19.9 Å². The van der Waals surface area contributed by atoms with Gasteiger partial charge in [0.15, 0.2) is 0 Å². The van der Waals surface area contributed by atoms with Crippen molar-refractivity contribution in [3.8, 4) is 5.75 Å². The molecule has 0 atom stereocenters. The van der Waals surface area contributed by atoms with Crippen molar-refractivity contribution >= 4 is 5.91 Å². The summed E-state index contributed by atoms with van der Waals surface area (Å²) >= 11 is 0. The van der Waals surface area contributed by atoms with Crippen molar-refractivity contribution in [1.82, 2.24) is 15.5 Å². The zero-order valence-electron chi connectivity index (χ0n) is 14.2. The molecule has 3 rings (SSSR count). The lowest BCUT2D eigenvalue weighted by atomic mass is 10.1. The first-order chi connectivity index (χ1) is 12.1. The zero-order valence-corrected chi connectivity index (χ0v) is 14.2. The predicted molar refractivity (Wildman–Crippen MR) is 92.4 cm³/mol. The summed E-state index contributed by atoms with van der Waals surface area (Å²) in [7, 11) is 1.60. The lowest BCUT2D eigenvalue weighted by Gasteiger charge is -2.05. The highest BCUT2D eigenvalue weighted by molar-refractivity contribution is 5.89. The van der Waals surface area contributed by atoms with Crippen LogP contribution in [0.1, 0.15) is 33.3 Å². The maximum absolute atomic E-state index is 12.1. The molecule has 1 heterocycles. The molecule has 6 heteroatoms. The summed E-state index contributed by atoms with van der Waals surface area (Å²) in [6.45, 7) is 2.38. The first-order valence-electron chi connectivity index (χ1n) is 7.93. The van der Waals surface area contributed by atoms with Crippen LogP contribution >= 0.6 is 0 Å². The fourth-order valence-electron chi connectivity index (χ4n) is 2.34. The van der Waals surface area contributed by atoms with Crippen LogP contribution in [0.25, 0.3) is 0 Å². The molecule has 0 saturated heterocycles. The summed E-state index contributed by atoms with van der Waals surface area (Å²) in [5.41, 5.74) is 3.16. The van der Waals surface area contributed by atoms with E-state index in [9.17, 15) is 4.79 Å². The molecular weight excluding hydrogens is 318 g/mol. The third-order valence-electron chi connectivity index (χ3n) is 3.72. The largest absolute Gasteiger partial charge is 0.497 e. The zero-order chi connectivity index (χ0) is 17.6. The number of hydrogen-bond donors (Lipinski definition) is 1. The Morgan fingerprint density at radius 3 is 2.68 bits per heavy atom. The van der Waals surface area contributed by atoms with Crippen LogP contribution < -0.4 is 10.1 Å². The molecule has 25 heavy (non-hydrogen) atoms. The summed E-state index contributed by atoms with van der Waals surface area (Å²) in [5, 5.41) is 10.5. The van der Waals surface area contributed by atoms with Crippen molar-refractivity contribution in [2.24, 2.45) is 0 Å². The maximum atomic E-state index is 12.1. The molecule has 0 radical (unpaired) electrons. The number of rotatable bonds is 6. The van der Waals surface area contributed by atoms with E-state index in [4.69, 9.17) is 9.15 Å². The Morgan fingerprint density at radius 1 is 1.12 bits per heavy atom. The molecule has 0 aliphatic heterocycles. The van der Waals surface area contributed by atoms with Crippen LogP contribution in [0, 0.1) is 6.92 Å². The second-order valence-corrected chi connectivity index (χ2v) is 5.70. The predicted octanol–water partition coefficient (Wildman–Crippen LogP) is 2.91. The number of carbonyl (C=O) groups excluding carboxylic acids is 1. The van der Waals surface area contributed by atoms with Gasteiger partial charge < -0.3 is 14.5 Å². The van der Waals surface area contributed by atoms with Crippen molar-refractivity contribution < 1.29 is 13.9 Å². The molecule has 6 nitrogen and oxygen atoms in total. The number of amides is 1. The van der Waals surface area contributed by atoms with Gasteiger partial charge in [0.05, 0.1) is 13.5 Å². The molecular formula is C19H19N3O3. The Labute approximate surface area is 145 Å². The van der Waals surface area contributed by atoms with E-state index in [1.807, 2.05) is 55.5 Å². The average Bonchev–Trinajstić information content (AvgIpc) is 3.10. The number of hydrogen-bond acceptors (Lipinski definition) is 5. The fourth-order valence-corrected chi connectivity index (χ4v) is 2.34. The average molecular weight is 337 g/mol. The van der Waals surface area contributed by atoms with E-state index in [1.165, 1.54) is 5.56 Å². The molecule has 2 aromatic carbocycles. The van der Waals surface area contributed by atoms with Gasteiger partial charge in [-0.05, 0) is 30.2 Å². The van der Waals surface area contributed by atoms with Crippen molar-refractivity contribution in [1.29, 1.82) is 0 Å². The molecule has 1 N–H and O–H groups in total. The SMILES string of the molecule is COc1cccc(CNC(=O)c2nnc(Cc3ccc(C)cc3)o2)c1. The molecule has 1 aromatic heterocycles. The molecule has 3 aromatic rings. The molecule has 128 valence electrons. The summed E-state index contributed by atoms with van der Waals surface area (Å²) in [6, 6.07) is 15.5. The van der Waals surface area contributed by atoms with Crippen molar-refractivity contribution in [3.05, 3.63) is 77.0 Å². The third kappa shape index (κ3) is 4.44. The van der Waals surface area contributed by atoms with Gasteiger partial charge in [0.25, 0.3) is 0 Å². The number of nitrogens with zero attached hydrogens (tertiary/aromatic N) is 2. The Balaban J connectivity index is 1.59.